The van der Waals surface area contributed by atoms with E-state index in [0.29, 0.717) is 18.2 Å². The van der Waals surface area contributed by atoms with Crippen molar-refractivity contribution >= 4 is 10.0 Å². The summed E-state index contributed by atoms with van der Waals surface area (Å²) in [5.74, 6) is 1.05. The molecule has 2 saturated carbocycles. The van der Waals surface area contributed by atoms with Gasteiger partial charge in [-0.1, -0.05) is 44.2 Å². The molecule has 0 N–H and O–H groups in total. The fourth-order valence-corrected chi connectivity index (χ4v) is 7.89. The minimum absolute atomic E-state index is 0.00865. The molecule has 3 aliphatic rings. The highest BCUT2D eigenvalue weighted by molar-refractivity contribution is 7.89. The molecule has 0 unspecified atom stereocenters. The summed E-state index contributed by atoms with van der Waals surface area (Å²) in [7, 11) is -3.13. The van der Waals surface area contributed by atoms with E-state index in [4.69, 9.17) is 0 Å². The van der Waals surface area contributed by atoms with Crippen LogP contribution in [0.4, 0.5) is 0 Å². The zero-order valence-electron chi connectivity index (χ0n) is 12.7. The molecule has 1 spiro atoms. The molecule has 3 atom stereocenters. The second-order valence-corrected chi connectivity index (χ2v) is 9.57. The van der Waals surface area contributed by atoms with Gasteiger partial charge in [0, 0.05) is 18.0 Å². The van der Waals surface area contributed by atoms with Crippen molar-refractivity contribution in [3.63, 3.8) is 0 Å². The van der Waals surface area contributed by atoms with Crippen molar-refractivity contribution in [1.29, 1.82) is 0 Å². The smallest absolute Gasteiger partial charge is 0.212 e. The average Bonchev–Trinajstić information content (AvgIpc) is 2.90. The Kier molecular flexibility index (Phi) is 2.69. The third-order valence-electron chi connectivity index (χ3n) is 6.71. The molecule has 0 radical (unpaired) electrons. The summed E-state index contributed by atoms with van der Waals surface area (Å²) in [6.07, 6.45) is 3.34. The minimum Gasteiger partial charge on any atom is -0.212 e. The first-order valence-electron chi connectivity index (χ1n) is 7.90. The lowest BCUT2D eigenvalue weighted by Gasteiger charge is -2.37. The fourth-order valence-electron chi connectivity index (χ4n) is 5.35. The molecule has 0 amide bonds. The first-order chi connectivity index (χ1) is 9.87. The predicted octanol–water partition coefficient (Wildman–Crippen LogP) is 3.03. The van der Waals surface area contributed by atoms with Gasteiger partial charge in [0.25, 0.3) is 0 Å². The maximum absolute atomic E-state index is 12.8. The molecule has 3 fully saturated rings. The topological polar surface area (TPSA) is 37.4 Å². The lowest BCUT2D eigenvalue weighted by atomic mass is 9.69. The maximum atomic E-state index is 12.8. The molecule has 2 aliphatic carbocycles. The molecule has 1 aromatic rings. The average molecular weight is 305 g/mol. The van der Waals surface area contributed by atoms with E-state index in [1.165, 1.54) is 6.42 Å². The maximum Gasteiger partial charge on any atom is 0.215 e. The quantitative estimate of drug-likeness (QED) is 0.842. The number of rotatable bonds is 2. The molecule has 4 rings (SSSR count). The van der Waals surface area contributed by atoms with E-state index in [2.05, 4.69) is 13.8 Å². The summed E-state index contributed by atoms with van der Waals surface area (Å²) in [6, 6.07) is 10.2. The Morgan fingerprint density at radius 2 is 1.95 bits per heavy atom. The van der Waals surface area contributed by atoms with Gasteiger partial charge in [-0.2, -0.15) is 4.31 Å². The van der Waals surface area contributed by atoms with Crippen molar-refractivity contribution in [1.82, 2.24) is 4.31 Å². The van der Waals surface area contributed by atoms with Gasteiger partial charge in [0.05, 0.1) is 5.75 Å². The number of hydrogen-bond acceptors (Lipinski definition) is 2. The molecule has 2 bridgehead atoms. The van der Waals surface area contributed by atoms with E-state index in [0.717, 1.165) is 18.4 Å². The van der Waals surface area contributed by atoms with Gasteiger partial charge in [0.1, 0.15) is 0 Å². The van der Waals surface area contributed by atoms with Gasteiger partial charge < -0.3 is 0 Å². The molecule has 1 saturated heterocycles. The normalized spacial score (nSPS) is 39.5. The minimum atomic E-state index is -3.13. The number of benzene rings is 1. The highest BCUT2D eigenvalue weighted by atomic mass is 32.2. The third kappa shape index (κ3) is 1.66. The van der Waals surface area contributed by atoms with Crippen LogP contribution in [0.3, 0.4) is 0 Å². The highest BCUT2D eigenvalue weighted by Gasteiger charge is 2.71. The molecule has 1 aliphatic heterocycles. The van der Waals surface area contributed by atoms with Crippen LogP contribution < -0.4 is 0 Å². The Labute approximate surface area is 127 Å². The number of hydrogen-bond donors (Lipinski definition) is 0. The lowest BCUT2D eigenvalue weighted by Crippen LogP contribution is -2.41. The zero-order valence-corrected chi connectivity index (χ0v) is 13.6. The Balaban J connectivity index is 1.73. The monoisotopic (exact) mass is 305 g/mol. The first kappa shape index (κ1) is 13.8. The van der Waals surface area contributed by atoms with Gasteiger partial charge in [0.2, 0.25) is 10.0 Å². The predicted molar refractivity (Wildman–Crippen MR) is 83.1 cm³/mol. The Morgan fingerprint density at radius 1 is 1.24 bits per heavy atom. The van der Waals surface area contributed by atoms with Crippen LogP contribution in [0.25, 0.3) is 0 Å². The molecule has 4 heteroatoms. The van der Waals surface area contributed by atoms with Gasteiger partial charge >= 0.3 is 0 Å². The van der Waals surface area contributed by atoms with E-state index in [-0.39, 0.29) is 16.9 Å². The van der Waals surface area contributed by atoms with Crippen LogP contribution in [-0.2, 0) is 16.6 Å². The van der Waals surface area contributed by atoms with Crippen molar-refractivity contribution < 1.29 is 8.42 Å². The van der Waals surface area contributed by atoms with Crippen LogP contribution in [0.5, 0.6) is 0 Å². The number of sulfonamides is 1. The summed E-state index contributed by atoms with van der Waals surface area (Å²) in [5, 5.41) is 0. The van der Waals surface area contributed by atoms with Crippen LogP contribution in [0.2, 0.25) is 0 Å². The van der Waals surface area contributed by atoms with Gasteiger partial charge in [-0.15, -0.1) is 0 Å². The van der Waals surface area contributed by atoms with Crippen LogP contribution in [0.1, 0.15) is 38.7 Å². The SMILES string of the molecule is CC1(C)[C@@H]2CC[C@]13CS(=O)(=O)N(Cc1ccccc1)[C@@H]3C2. The van der Waals surface area contributed by atoms with Crippen molar-refractivity contribution in [2.45, 2.75) is 45.7 Å². The van der Waals surface area contributed by atoms with E-state index >= 15 is 0 Å². The van der Waals surface area contributed by atoms with Crippen LogP contribution in [0.15, 0.2) is 30.3 Å². The number of nitrogens with zero attached hydrogens (tertiary/aromatic N) is 1. The molecule has 1 aromatic carbocycles. The second kappa shape index (κ2) is 4.11. The fraction of sp³-hybridized carbons (Fsp3) is 0.647. The summed E-state index contributed by atoms with van der Waals surface area (Å²) in [5.41, 5.74) is 1.25. The Morgan fingerprint density at radius 3 is 2.62 bits per heavy atom. The first-order valence-corrected chi connectivity index (χ1v) is 9.51. The summed E-state index contributed by atoms with van der Waals surface area (Å²) in [6.45, 7) is 5.14. The molecular formula is C17H23NO2S. The number of fused-ring (bicyclic) bond motifs is 1. The van der Waals surface area contributed by atoms with Crippen LogP contribution in [-0.4, -0.2) is 24.5 Å². The Hall–Kier alpha value is -0.870. The van der Waals surface area contributed by atoms with E-state index in [1.54, 1.807) is 0 Å². The molecular weight excluding hydrogens is 282 g/mol. The summed E-state index contributed by atoms with van der Waals surface area (Å²) in [4.78, 5) is 0. The largest absolute Gasteiger partial charge is 0.215 e. The van der Waals surface area contributed by atoms with Gasteiger partial charge in [-0.25, -0.2) is 8.42 Å². The van der Waals surface area contributed by atoms with Gasteiger partial charge in [0.15, 0.2) is 0 Å². The standard InChI is InChI=1S/C17H23NO2S/c1-16(2)14-8-9-17(16)12-21(19,20)18(15(17)10-14)11-13-6-4-3-5-7-13/h3-7,14-15H,8-12H2,1-2H3/t14-,15-,17-/m1/s1. The molecule has 0 aromatic heterocycles. The van der Waals surface area contributed by atoms with Crippen LogP contribution in [0, 0.1) is 16.7 Å². The van der Waals surface area contributed by atoms with Crippen LogP contribution >= 0.6 is 0 Å². The molecule has 114 valence electrons. The summed E-state index contributed by atoms with van der Waals surface area (Å²) < 4.78 is 27.4. The third-order valence-corrected chi connectivity index (χ3v) is 8.69. The molecule has 3 nitrogen and oxygen atoms in total. The second-order valence-electron chi connectivity index (χ2n) is 7.65. The van der Waals surface area contributed by atoms with Crippen molar-refractivity contribution in [3.8, 4) is 0 Å². The molecule has 1 heterocycles. The summed E-state index contributed by atoms with van der Waals surface area (Å²) >= 11 is 0. The van der Waals surface area contributed by atoms with E-state index in [1.807, 2.05) is 34.6 Å². The van der Waals surface area contributed by atoms with Crippen molar-refractivity contribution in [2.75, 3.05) is 5.75 Å². The Bertz CT molecular complexity index is 667. The van der Waals surface area contributed by atoms with Gasteiger partial charge in [-0.3, -0.25) is 0 Å². The van der Waals surface area contributed by atoms with Crippen molar-refractivity contribution in [3.05, 3.63) is 35.9 Å². The molecule has 21 heavy (non-hydrogen) atoms. The van der Waals surface area contributed by atoms with Gasteiger partial charge in [-0.05, 0) is 36.2 Å². The van der Waals surface area contributed by atoms with E-state index < -0.39 is 10.0 Å². The van der Waals surface area contributed by atoms with E-state index in [9.17, 15) is 8.42 Å². The lowest BCUT2D eigenvalue weighted by molar-refractivity contribution is 0.112. The van der Waals surface area contributed by atoms with Crippen molar-refractivity contribution in [2.24, 2.45) is 16.7 Å². The highest BCUT2D eigenvalue weighted by Crippen LogP contribution is 2.70. The zero-order chi connectivity index (χ0) is 14.9.